The number of nitrogens with one attached hydrogen (secondary N) is 1. The largest absolute Gasteiger partial charge is 0.314 e. The predicted molar refractivity (Wildman–Crippen MR) is 66.6 cm³/mol. The van der Waals surface area contributed by atoms with Crippen LogP contribution in [0, 0.1) is 5.92 Å². The maximum absolute atomic E-state index is 3.41. The average molecular weight is 216 g/mol. The number of benzene rings is 1. The van der Waals surface area contributed by atoms with Gasteiger partial charge in [-0.15, -0.1) is 0 Å². The SMILES string of the molecule is c1ccc(C2CC2CN2CCNCC2)cc1. The quantitative estimate of drug-likeness (QED) is 0.827. The zero-order chi connectivity index (χ0) is 10.8. The topological polar surface area (TPSA) is 15.3 Å². The van der Waals surface area contributed by atoms with Crippen molar-refractivity contribution >= 4 is 0 Å². The Hall–Kier alpha value is -0.860. The van der Waals surface area contributed by atoms with Crippen LogP contribution in [0.3, 0.4) is 0 Å². The molecule has 2 heteroatoms. The van der Waals surface area contributed by atoms with E-state index in [1.807, 2.05) is 0 Å². The van der Waals surface area contributed by atoms with E-state index in [4.69, 9.17) is 0 Å². The average Bonchev–Trinajstić information content (AvgIpc) is 3.11. The molecule has 0 spiro atoms. The summed E-state index contributed by atoms with van der Waals surface area (Å²) in [5, 5.41) is 3.41. The minimum absolute atomic E-state index is 0.844. The molecule has 1 aliphatic heterocycles. The Morgan fingerprint density at radius 1 is 1.12 bits per heavy atom. The number of hydrogen-bond donors (Lipinski definition) is 1. The third-order valence-electron chi connectivity index (χ3n) is 3.85. The molecule has 0 radical (unpaired) electrons. The van der Waals surface area contributed by atoms with Crippen molar-refractivity contribution < 1.29 is 0 Å². The Kier molecular flexibility index (Phi) is 2.94. The van der Waals surface area contributed by atoms with Crippen LogP contribution in [0.15, 0.2) is 30.3 Å². The molecule has 1 aliphatic carbocycles. The van der Waals surface area contributed by atoms with Gasteiger partial charge in [0.2, 0.25) is 0 Å². The van der Waals surface area contributed by atoms with Crippen LogP contribution in [0.5, 0.6) is 0 Å². The molecule has 1 N–H and O–H groups in total. The van der Waals surface area contributed by atoms with Gasteiger partial charge in [-0.2, -0.15) is 0 Å². The summed E-state index contributed by atoms with van der Waals surface area (Å²) in [4.78, 5) is 2.62. The standard InChI is InChI=1S/C14H20N2/c1-2-4-12(5-3-1)14-10-13(14)11-16-8-6-15-7-9-16/h1-5,13-15H,6-11H2. The Labute approximate surface area is 97.6 Å². The molecular formula is C14H20N2. The Morgan fingerprint density at radius 2 is 1.88 bits per heavy atom. The van der Waals surface area contributed by atoms with Crippen molar-refractivity contribution in [2.75, 3.05) is 32.7 Å². The van der Waals surface area contributed by atoms with Gasteiger partial charge in [0.15, 0.2) is 0 Å². The van der Waals surface area contributed by atoms with E-state index in [-0.39, 0.29) is 0 Å². The normalized spacial score (nSPS) is 30.2. The van der Waals surface area contributed by atoms with Gasteiger partial charge in [-0.05, 0) is 23.8 Å². The molecule has 2 atom stereocenters. The fourth-order valence-electron chi connectivity index (χ4n) is 2.78. The van der Waals surface area contributed by atoms with Crippen molar-refractivity contribution in [2.45, 2.75) is 12.3 Å². The van der Waals surface area contributed by atoms with Crippen molar-refractivity contribution in [1.29, 1.82) is 0 Å². The second-order valence-corrected chi connectivity index (χ2v) is 5.06. The lowest BCUT2D eigenvalue weighted by atomic mass is 10.1. The highest BCUT2D eigenvalue weighted by Crippen LogP contribution is 2.47. The number of hydrogen-bond acceptors (Lipinski definition) is 2. The van der Waals surface area contributed by atoms with Crippen LogP contribution in [0.1, 0.15) is 17.9 Å². The number of nitrogens with zero attached hydrogens (tertiary/aromatic N) is 1. The summed E-state index contributed by atoms with van der Waals surface area (Å²) < 4.78 is 0. The molecule has 1 aromatic rings. The Balaban J connectivity index is 1.52. The van der Waals surface area contributed by atoms with Crippen LogP contribution in [-0.4, -0.2) is 37.6 Å². The van der Waals surface area contributed by atoms with Crippen molar-refractivity contribution in [3.63, 3.8) is 0 Å². The zero-order valence-electron chi connectivity index (χ0n) is 9.73. The highest BCUT2D eigenvalue weighted by molar-refractivity contribution is 5.25. The first-order valence-electron chi connectivity index (χ1n) is 6.41. The van der Waals surface area contributed by atoms with E-state index in [0.29, 0.717) is 0 Å². The molecule has 0 amide bonds. The van der Waals surface area contributed by atoms with Gasteiger partial charge in [0.05, 0.1) is 0 Å². The summed E-state index contributed by atoms with van der Waals surface area (Å²) in [6, 6.07) is 11.0. The van der Waals surface area contributed by atoms with Crippen LogP contribution in [0.2, 0.25) is 0 Å². The lowest BCUT2D eigenvalue weighted by molar-refractivity contribution is 0.231. The van der Waals surface area contributed by atoms with E-state index in [1.54, 1.807) is 5.56 Å². The summed E-state index contributed by atoms with van der Waals surface area (Å²) in [6.45, 7) is 6.11. The smallest absolute Gasteiger partial charge is 0.0107 e. The van der Waals surface area contributed by atoms with Gasteiger partial charge in [-0.25, -0.2) is 0 Å². The molecule has 2 fully saturated rings. The minimum atomic E-state index is 0.844. The van der Waals surface area contributed by atoms with Gasteiger partial charge < -0.3 is 10.2 Å². The van der Waals surface area contributed by atoms with Crippen molar-refractivity contribution in [3.05, 3.63) is 35.9 Å². The molecule has 1 heterocycles. The molecule has 2 nitrogen and oxygen atoms in total. The third kappa shape index (κ3) is 2.28. The van der Waals surface area contributed by atoms with Gasteiger partial charge in [0.1, 0.15) is 0 Å². The fraction of sp³-hybridized carbons (Fsp3) is 0.571. The first kappa shape index (κ1) is 10.3. The van der Waals surface area contributed by atoms with E-state index >= 15 is 0 Å². The summed E-state index contributed by atoms with van der Waals surface area (Å²) in [6.07, 6.45) is 1.40. The maximum Gasteiger partial charge on any atom is 0.0107 e. The summed E-state index contributed by atoms with van der Waals surface area (Å²) >= 11 is 0. The summed E-state index contributed by atoms with van der Waals surface area (Å²) in [5.74, 6) is 1.76. The summed E-state index contributed by atoms with van der Waals surface area (Å²) in [7, 11) is 0. The van der Waals surface area contributed by atoms with Gasteiger partial charge in [-0.1, -0.05) is 30.3 Å². The van der Waals surface area contributed by atoms with Crippen LogP contribution in [-0.2, 0) is 0 Å². The van der Waals surface area contributed by atoms with Crippen molar-refractivity contribution in [3.8, 4) is 0 Å². The van der Waals surface area contributed by atoms with E-state index in [0.717, 1.165) is 11.8 Å². The van der Waals surface area contributed by atoms with E-state index in [1.165, 1.54) is 39.1 Å². The molecule has 86 valence electrons. The molecule has 3 rings (SSSR count). The highest BCUT2D eigenvalue weighted by Gasteiger charge is 2.39. The van der Waals surface area contributed by atoms with Crippen LogP contribution in [0.25, 0.3) is 0 Å². The Bertz CT molecular complexity index is 330. The number of rotatable bonds is 3. The van der Waals surface area contributed by atoms with Gasteiger partial charge in [0.25, 0.3) is 0 Å². The monoisotopic (exact) mass is 216 g/mol. The van der Waals surface area contributed by atoms with Crippen LogP contribution < -0.4 is 5.32 Å². The lowest BCUT2D eigenvalue weighted by Gasteiger charge is -2.27. The maximum atomic E-state index is 3.41. The van der Waals surface area contributed by atoms with E-state index in [2.05, 4.69) is 40.5 Å². The first-order chi connectivity index (χ1) is 7.93. The molecule has 0 aromatic heterocycles. The predicted octanol–water partition coefficient (Wildman–Crippen LogP) is 1.70. The lowest BCUT2D eigenvalue weighted by Crippen LogP contribution is -2.44. The van der Waals surface area contributed by atoms with Crippen molar-refractivity contribution in [1.82, 2.24) is 10.2 Å². The summed E-state index contributed by atoms with van der Waals surface area (Å²) in [5.41, 5.74) is 1.54. The Morgan fingerprint density at radius 3 is 2.62 bits per heavy atom. The number of piperazine rings is 1. The van der Waals surface area contributed by atoms with Crippen LogP contribution in [0.4, 0.5) is 0 Å². The van der Waals surface area contributed by atoms with Crippen molar-refractivity contribution in [2.24, 2.45) is 5.92 Å². The van der Waals surface area contributed by atoms with Crippen LogP contribution >= 0.6 is 0 Å². The second kappa shape index (κ2) is 4.56. The molecule has 2 aliphatic rings. The third-order valence-corrected chi connectivity index (χ3v) is 3.85. The molecule has 2 unspecified atom stereocenters. The molecule has 0 bridgehead atoms. The highest BCUT2D eigenvalue weighted by atomic mass is 15.2. The van der Waals surface area contributed by atoms with Gasteiger partial charge in [0, 0.05) is 32.7 Å². The molecular weight excluding hydrogens is 196 g/mol. The van der Waals surface area contributed by atoms with E-state index in [9.17, 15) is 0 Å². The molecule has 1 aromatic carbocycles. The first-order valence-corrected chi connectivity index (χ1v) is 6.41. The second-order valence-electron chi connectivity index (χ2n) is 5.06. The van der Waals surface area contributed by atoms with Gasteiger partial charge in [-0.3, -0.25) is 0 Å². The zero-order valence-corrected chi connectivity index (χ0v) is 9.73. The van der Waals surface area contributed by atoms with E-state index < -0.39 is 0 Å². The van der Waals surface area contributed by atoms with Gasteiger partial charge >= 0.3 is 0 Å². The molecule has 1 saturated carbocycles. The molecule has 1 saturated heterocycles. The molecule has 16 heavy (non-hydrogen) atoms. The fourth-order valence-corrected chi connectivity index (χ4v) is 2.78. The minimum Gasteiger partial charge on any atom is -0.314 e.